The van der Waals surface area contributed by atoms with Gasteiger partial charge in [-0.1, -0.05) is 17.7 Å². The molecule has 3 amide bonds. The molecule has 0 bridgehead atoms. The number of aryl methyl sites for hydroxylation is 2. The van der Waals surface area contributed by atoms with Crippen LogP contribution in [0, 0.1) is 13.8 Å². The van der Waals surface area contributed by atoms with Gasteiger partial charge in [-0.2, -0.15) is 0 Å². The topological polar surface area (TPSA) is 102 Å². The molecule has 0 aliphatic carbocycles. The van der Waals surface area contributed by atoms with Gasteiger partial charge < -0.3 is 14.8 Å². The lowest BCUT2D eigenvalue weighted by Crippen LogP contribution is -2.36. The van der Waals surface area contributed by atoms with Crippen LogP contribution >= 0.6 is 0 Å². The van der Waals surface area contributed by atoms with Crippen LogP contribution in [0.3, 0.4) is 0 Å². The zero-order valence-corrected chi connectivity index (χ0v) is 18.8. The number of amides is 3. The summed E-state index contributed by atoms with van der Waals surface area (Å²) in [7, 11) is 0. The number of fused-ring (bicyclic) bond motifs is 1. The molecule has 8 nitrogen and oxygen atoms in total. The summed E-state index contributed by atoms with van der Waals surface area (Å²) < 4.78 is 10.8. The Morgan fingerprint density at radius 3 is 2.58 bits per heavy atom. The van der Waals surface area contributed by atoms with Crippen LogP contribution in [0.5, 0.6) is 0 Å². The van der Waals surface area contributed by atoms with E-state index in [4.69, 9.17) is 9.47 Å². The molecule has 0 saturated carbocycles. The highest BCUT2D eigenvalue weighted by Crippen LogP contribution is 2.26. The average Bonchev–Trinajstić information content (AvgIpc) is 3.38. The predicted molar refractivity (Wildman–Crippen MR) is 120 cm³/mol. The largest absolute Gasteiger partial charge is 0.449 e. The maximum absolute atomic E-state index is 12.8. The molecule has 2 aliphatic rings. The minimum absolute atomic E-state index is 0.0973. The van der Waals surface area contributed by atoms with Crippen LogP contribution in [-0.2, 0) is 14.3 Å². The van der Waals surface area contributed by atoms with Crippen LogP contribution in [-0.4, -0.2) is 54.0 Å². The van der Waals surface area contributed by atoms with E-state index in [1.165, 1.54) is 25.1 Å². The predicted octanol–water partition coefficient (Wildman–Crippen LogP) is 3.26. The molecule has 2 aromatic rings. The molecule has 172 valence electrons. The summed E-state index contributed by atoms with van der Waals surface area (Å²) in [5.41, 5.74) is 3.11. The second-order valence-corrected chi connectivity index (χ2v) is 8.47. The fourth-order valence-electron chi connectivity index (χ4n) is 4.05. The van der Waals surface area contributed by atoms with Crippen LogP contribution in [0.1, 0.15) is 62.0 Å². The van der Waals surface area contributed by atoms with Crippen LogP contribution < -0.4 is 5.32 Å². The molecule has 2 atom stereocenters. The van der Waals surface area contributed by atoms with E-state index < -0.39 is 29.8 Å². The molecule has 0 spiro atoms. The molecule has 0 radical (unpaired) electrons. The van der Waals surface area contributed by atoms with Crippen molar-refractivity contribution in [3.8, 4) is 0 Å². The number of imide groups is 1. The van der Waals surface area contributed by atoms with Gasteiger partial charge >= 0.3 is 5.97 Å². The van der Waals surface area contributed by atoms with E-state index in [0.29, 0.717) is 12.3 Å². The second kappa shape index (κ2) is 9.15. The van der Waals surface area contributed by atoms with Gasteiger partial charge in [0.1, 0.15) is 0 Å². The van der Waals surface area contributed by atoms with Crippen molar-refractivity contribution in [3.05, 3.63) is 64.2 Å². The van der Waals surface area contributed by atoms with E-state index in [1.54, 1.807) is 6.07 Å². The number of nitrogens with zero attached hydrogens (tertiary/aromatic N) is 1. The first-order valence-electron chi connectivity index (χ1n) is 11.0. The highest BCUT2D eigenvalue weighted by atomic mass is 16.5. The number of carbonyl (C=O) groups is 4. The molecule has 2 aromatic carbocycles. The van der Waals surface area contributed by atoms with Crippen LogP contribution in [0.15, 0.2) is 36.4 Å². The maximum Gasteiger partial charge on any atom is 0.338 e. The summed E-state index contributed by atoms with van der Waals surface area (Å²) in [5.74, 6) is -2.07. The van der Waals surface area contributed by atoms with Crippen molar-refractivity contribution in [1.82, 2.24) is 4.90 Å². The number of nitrogens with one attached hydrogen (secondary N) is 1. The first kappa shape index (κ1) is 22.7. The number of hydrogen-bond acceptors (Lipinski definition) is 6. The van der Waals surface area contributed by atoms with Crippen molar-refractivity contribution in [2.75, 3.05) is 18.5 Å². The van der Waals surface area contributed by atoms with Crippen LogP contribution in [0.2, 0.25) is 0 Å². The summed E-state index contributed by atoms with van der Waals surface area (Å²) >= 11 is 0. The minimum Gasteiger partial charge on any atom is -0.449 e. The van der Waals surface area contributed by atoms with E-state index in [2.05, 4.69) is 5.32 Å². The molecule has 1 fully saturated rings. The van der Waals surface area contributed by atoms with Gasteiger partial charge in [0.2, 0.25) is 0 Å². The van der Waals surface area contributed by atoms with Crippen molar-refractivity contribution in [3.63, 3.8) is 0 Å². The fraction of sp³-hybridized carbons (Fsp3) is 0.360. The minimum atomic E-state index is -1.06. The van der Waals surface area contributed by atoms with Gasteiger partial charge in [-0.15, -0.1) is 0 Å². The molecule has 4 rings (SSSR count). The molecule has 2 heterocycles. The lowest BCUT2D eigenvalue weighted by Gasteiger charge is -2.17. The molecule has 0 aromatic heterocycles. The number of benzene rings is 2. The SMILES string of the molecule is Cc1ccc(NC(=O)C(C)OC(=O)c2ccc3c(c2)C(=O)N(CC2CCCO2)C3=O)c(C)c1. The van der Waals surface area contributed by atoms with Crippen molar-refractivity contribution >= 4 is 29.4 Å². The van der Waals surface area contributed by atoms with Gasteiger partial charge in [0.05, 0.1) is 29.3 Å². The average molecular weight is 450 g/mol. The summed E-state index contributed by atoms with van der Waals surface area (Å²) in [6.45, 7) is 6.13. The first-order valence-corrected chi connectivity index (χ1v) is 11.0. The number of anilines is 1. The molecular weight excluding hydrogens is 424 g/mol. The Morgan fingerprint density at radius 2 is 1.88 bits per heavy atom. The van der Waals surface area contributed by atoms with Gasteiger partial charge in [0, 0.05) is 12.3 Å². The Hall–Kier alpha value is -3.52. The molecule has 1 saturated heterocycles. The van der Waals surface area contributed by atoms with E-state index in [0.717, 1.165) is 28.9 Å². The zero-order chi connectivity index (χ0) is 23.7. The van der Waals surface area contributed by atoms with Crippen LogP contribution in [0.4, 0.5) is 5.69 Å². The lowest BCUT2D eigenvalue weighted by molar-refractivity contribution is -0.123. The van der Waals surface area contributed by atoms with Gasteiger partial charge in [-0.3, -0.25) is 19.3 Å². The molecular formula is C25H26N2O6. The number of carbonyl (C=O) groups excluding carboxylic acids is 4. The Kier molecular flexibility index (Phi) is 6.29. The smallest absolute Gasteiger partial charge is 0.338 e. The van der Waals surface area contributed by atoms with Crippen molar-refractivity contribution in [1.29, 1.82) is 0 Å². The number of rotatable bonds is 6. The third-order valence-electron chi connectivity index (χ3n) is 5.91. The summed E-state index contributed by atoms with van der Waals surface area (Å²) in [4.78, 5) is 51.7. The normalized spacial score (nSPS) is 18.3. The van der Waals surface area contributed by atoms with Gasteiger partial charge in [-0.25, -0.2) is 4.79 Å². The summed E-state index contributed by atoms with van der Waals surface area (Å²) in [6.07, 6.45) is 0.486. The van der Waals surface area contributed by atoms with Gasteiger partial charge in [0.15, 0.2) is 6.10 Å². The highest BCUT2D eigenvalue weighted by molar-refractivity contribution is 6.22. The van der Waals surface area contributed by atoms with Crippen LogP contribution in [0.25, 0.3) is 0 Å². The Balaban J connectivity index is 1.42. The number of ether oxygens (including phenoxy) is 2. The standard InChI is InChI=1S/C25H26N2O6/c1-14-6-9-21(15(2)11-14)26-22(28)16(3)33-25(31)17-7-8-19-20(12-17)24(30)27(23(19)29)13-18-5-4-10-32-18/h6-9,11-12,16,18H,4-5,10,13H2,1-3H3,(H,26,28). The number of esters is 1. The van der Waals surface area contributed by atoms with Gasteiger partial charge in [0.25, 0.3) is 17.7 Å². The quantitative estimate of drug-likeness (QED) is 0.535. The van der Waals surface area contributed by atoms with Crippen molar-refractivity contribution in [2.24, 2.45) is 0 Å². The summed E-state index contributed by atoms with van der Waals surface area (Å²) in [5, 5.41) is 2.76. The highest BCUT2D eigenvalue weighted by Gasteiger charge is 2.38. The number of hydrogen-bond donors (Lipinski definition) is 1. The molecule has 8 heteroatoms. The summed E-state index contributed by atoms with van der Waals surface area (Å²) in [6, 6.07) is 9.84. The maximum atomic E-state index is 12.8. The lowest BCUT2D eigenvalue weighted by atomic mass is 10.1. The van der Waals surface area contributed by atoms with Crippen molar-refractivity contribution < 1.29 is 28.7 Å². The third-order valence-corrected chi connectivity index (χ3v) is 5.91. The Bertz CT molecular complexity index is 1140. The van der Waals surface area contributed by atoms with E-state index in [1.807, 2.05) is 26.0 Å². The van der Waals surface area contributed by atoms with Crippen molar-refractivity contribution in [2.45, 2.75) is 45.8 Å². The molecule has 2 unspecified atom stereocenters. The molecule has 33 heavy (non-hydrogen) atoms. The second-order valence-electron chi connectivity index (χ2n) is 8.47. The van der Waals surface area contributed by atoms with E-state index in [9.17, 15) is 19.2 Å². The monoisotopic (exact) mass is 450 g/mol. The fourth-order valence-corrected chi connectivity index (χ4v) is 4.05. The zero-order valence-electron chi connectivity index (χ0n) is 18.8. The van der Waals surface area contributed by atoms with Gasteiger partial charge in [-0.05, 0) is 63.4 Å². The van der Waals surface area contributed by atoms with E-state index >= 15 is 0 Å². The molecule has 1 N–H and O–H groups in total. The third kappa shape index (κ3) is 4.66. The Morgan fingerprint density at radius 1 is 1.12 bits per heavy atom. The molecule has 2 aliphatic heterocycles. The Labute approximate surface area is 191 Å². The van der Waals surface area contributed by atoms with E-state index in [-0.39, 0.29) is 29.3 Å². The first-order chi connectivity index (χ1) is 15.7.